The molecule has 0 aromatic heterocycles. The fourth-order valence-electron chi connectivity index (χ4n) is 5.14. The Balaban J connectivity index is 1.96. The molecular formula is C26H27F3SiZr. The molecule has 160 valence electrons. The van der Waals surface area contributed by atoms with E-state index in [4.69, 9.17) is 0 Å². The van der Waals surface area contributed by atoms with Crippen LogP contribution in [0.25, 0.3) is 5.57 Å². The molecule has 0 N–H and O–H groups in total. The molecule has 2 atom stereocenters. The third-order valence-electron chi connectivity index (χ3n) is 7.01. The van der Waals surface area contributed by atoms with Gasteiger partial charge in [-0.3, -0.25) is 0 Å². The first-order valence-corrected chi connectivity index (χ1v) is 19.5. The summed E-state index contributed by atoms with van der Waals surface area (Å²) < 4.78 is 45.4. The second kappa shape index (κ2) is 8.48. The molecule has 0 radical (unpaired) electrons. The van der Waals surface area contributed by atoms with E-state index < -0.39 is 43.3 Å². The maximum atomic E-state index is 14.8. The predicted molar refractivity (Wildman–Crippen MR) is 120 cm³/mol. The van der Waals surface area contributed by atoms with Crippen LogP contribution in [-0.2, 0) is 20.4 Å². The van der Waals surface area contributed by atoms with Crippen molar-refractivity contribution in [2.24, 2.45) is 5.92 Å². The van der Waals surface area contributed by atoms with Gasteiger partial charge in [0.05, 0.1) is 0 Å². The van der Waals surface area contributed by atoms with Gasteiger partial charge in [0.15, 0.2) is 0 Å². The Kier molecular flexibility index (Phi) is 6.22. The van der Waals surface area contributed by atoms with Crippen molar-refractivity contribution in [1.29, 1.82) is 0 Å². The van der Waals surface area contributed by atoms with Crippen LogP contribution < -0.4 is 0 Å². The second-order valence-corrected chi connectivity index (χ2v) is 26.3. The number of halogens is 3. The van der Waals surface area contributed by atoms with Crippen LogP contribution in [-0.4, -0.2) is 5.43 Å². The zero-order valence-corrected chi connectivity index (χ0v) is 22.3. The molecule has 4 rings (SSSR count). The van der Waals surface area contributed by atoms with Gasteiger partial charge in [-0.2, -0.15) is 0 Å². The molecule has 0 amide bonds. The third kappa shape index (κ3) is 3.62. The van der Waals surface area contributed by atoms with Gasteiger partial charge in [-0.25, -0.2) is 0 Å². The van der Waals surface area contributed by atoms with Gasteiger partial charge in [0.2, 0.25) is 0 Å². The van der Waals surface area contributed by atoms with E-state index in [0.29, 0.717) is 11.5 Å². The number of rotatable bonds is 3. The minimum absolute atomic E-state index is 0.214. The fraction of sp³-hybridized carbons (Fsp3) is 0.308. The predicted octanol–water partition coefficient (Wildman–Crippen LogP) is 7.72. The Hall–Kier alpha value is -1.45. The summed E-state index contributed by atoms with van der Waals surface area (Å²) in [6.07, 6.45) is 2.08. The van der Waals surface area contributed by atoms with E-state index in [1.165, 1.54) is 16.7 Å². The van der Waals surface area contributed by atoms with Crippen molar-refractivity contribution >= 4 is 11.0 Å². The Morgan fingerprint density at radius 1 is 0.871 bits per heavy atom. The Morgan fingerprint density at radius 2 is 1.52 bits per heavy atom. The fourth-order valence-corrected chi connectivity index (χ4v) is 24.8. The SMILES string of the molecule is CC1=C(C)C(C)[C]([Zr]([CH]2C=C(c3c(F)ccc(F)c3F)c3ccccc32)=[Si](C)C)=C1C. The first-order valence-electron chi connectivity index (χ1n) is 10.7. The molecular weight excluding hydrogens is 489 g/mol. The van der Waals surface area contributed by atoms with Crippen molar-refractivity contribution in [3.05, 3.63) is 96.6 Å². The van der Waals surface area contributed by atoms with Crippen LogP contribution in [0.15, 0.2) is 62.5 Å². The maximum absolute atomic E-state index is 14.8. The van der Waals surface area contributed by atoms with Crippen molar-refractivity contribution in [3.63, 3.8) is 0 Å². The molecule has 2 aliphatic carbocycles. The molecule has 2 aromatic carbocycles. The molecule has 31 heavy (non-hydrogen) atoms. The molecule has 0 aliphatic heterocycles. The van der Waals surface area contributed by atoms with Crippen molar-refractivity contribution in [2.45, 2.75) is 44.4 Å². The molecule has 0 fully saturated rings. The summed E-state index contributed by atoms with van der Waals surface area (Å²) in [6, 6.07) is 9.83. The molecule has 2 aliphatic rings. The first kappa shape index (κ1) is 22.7. The number of benzene rings is 2. The van der Waals surface area contributed by atoms with Crippen molar-refractivity contribution in [1.82, 2.24) is 0 Å². The van der Waals surface area contributed by atoms with Crippen molar-refractivity contribution in [2.75, 3.05) is 0 Å². The minimum atomic E-state index is -2.27. The third-order valence-corrected chi connectivity index (χ3v) is 25.6. The standard InChI is InChI=1S/C15H8F3.C9H13.C2H6Si.Zr/c16-12-7-8-13(17)15(18)14(12)11-6-5-9-3-1-2-4-10(9)11;1-6-5-7(2)9(4)8(6)3;1-3-2;/h1-8H;6H,1-4H3;1-2H3;. The van der Waals surface area contributed by atoms with Crippen LogP contribution in [0.2, 0.25) is 13.1 Å². The normalized spacial score (nSPS) is 20.4. The van der Waals surface area contributed by atoms with E-state index >= 15 is 0 Å². The molecule has 0 saturated carbocycles. The average molecular weight is 516 g/mol. The van der Waals surface area contributed by atoms with Crippen LogP contribution in [0, 0.1) is 23.4 Å². The van der Waals surface area contributed by atoms with Gasteiger partial charge < -0.3 is 0 Å². The Labute approximate surface area is 190 Å². The number of hydrogen-bond acceptors (Lipinski definition) is 0. The zero-order valence-electron chi connectivity index (χ0n) is 18.8. The molecule has 0 saturated heterocycles. The van der Waals surface area contributed by atoms with E-state index in [9.17, 15) is 13.2 Å². The number of hydrogen-bond donors (Lipinski definition) is 0. The van der Waals surface area contributed by atoms with Gasteiger partial charge in [0, 0.05) is 0 Å². The van der Waals surface area contributed by atoms with E-state index in [2.05, 4.69) is 52.9 Å². The Bertz CT molecular complexity index is 1230. The van der Waals surface area contributed by atoms with Crippen LogP contribution in [0.1, 0.15) is 48.0 Å². The summed E-state index contributed by atoms with van der Waals surface area (Å²) in [5.74, 6) is -2.36. The van der Waals surface area contributed by atoms with E-state index in [1.807, 2.05) is 18.2 Å². The van der Waals surface area contributed by atoms with Gasteiger partial charge in [-0.1, -0.05) is 0 Å². The van der Waals surface area contributed by atoms with E-state index in [1.54, 1.807) is 3.28 Å². The van der Waals surface area contributed by atoms with Gasteiger partial charge in [0.1, 0.15) is 0 Å². The summed E-state index contributed by atoms with van der Waals surface area (Å²) in [5.41, 5.74) is 5.97. The van der Waals surface area contributed by atoms with Crippen LogP contribution in [0.3, 0.4) is 0 Å². The molecule has 0 heterocycles. The summed E-state index contributed by atoms with van der Waals surface area (Å²) in [7, 11) is 0. The van der Waals surface area contributed by atoms with Crippen molar-refractivity contribution < 1.29 is 33.5 Å². The number of fused-ring (bicyclic) bond motifs is 1. The van der Waals surface area contributed by atoms with E-state index in [-0.39, 0.29) is 9.19 Å². The second-order valence-electron chi connectivity index (χ2n) is 8.85. The Morgan fingerprint density at radius 3 is 2.13 bits per heavy atom. The molecule has 0 spiro atoms. The van der Waals surface area contributed by atoms with Crippen LogP contribution in [0.5, 0.6) is 0 Å². The summed E-state index contributed by atoms with van der Waals surface area (Å²) in [4.78, 5) is 0. The first-order chi connectivity index (χ1) is 14.6. The summed E-state index contributed by atoms with van der Waals surface area (Å²) >= 11 is -2.27. The van der Waals surface area contributed by atoms with Gasteiger partial charge >= 0.3 is 191 Å². The molecule has 2 unspecified atom stereocenters. The van der Waals surface area contributed by atoms with Gasteiger partial charge in [0.25, 0.3) is 0 Å². The monoisotopic (exact) mass is 514 g/mol. The molecule has 0 nitrogen and oxygen atoms in total. The van der Waals surface area contributed by atoms with E-state index in [0.717, 1.165) is 23.3 Å². The molecule has 0 bridgehead atoms. The summed E-state index contributed by atoms with van der Waals surface area (Å²) in [6.45, 7) is 13.8. The molecule has 2 aromatic rings. The van der Waals surface area contributed by atoms with Gasteiger partial charge in [-0.15, -0.1) is 0 Å². The quantitative estimate of drug-likeness (QED) is 0.290. The average Bonchev–Trinajstić information content (AvgIpc) is 3.19. The van der Waals surface area contributed by atoms with Crippen molar-refractivity contribution in [3.8, 4) is 0 Å². The molecule has 5 heteroatoms. The van der Waals surface area contributed by atoms with Gasteiger partial charge in [-0.05, 0) is 0 Å². The zero-order chi connectivity index (χ0) is 22.6. The summed E-state index contributed by atoms with van der Waals surface area (Å²) in [5, 5.41) is 0. The van der Waals surface area contributed by atoms with Crippen LogP contribution in [0.4, 0.5) is 13.2 Å². The number of allylic oxidation sites excluding steroid dienone is 5. The topological polar surface area (TPSA) is 0 Å². The van der Waals surface area contributed by atoms with Crippen LogP contribution >= 0.6 is 0 Å².